The SMILES string of the molecule is Cc1n[nH]c2nc(-c3ccc(NS(=O)(=O)c4cc(Cl)ccc4F)cc3)nc(NCCN(C)CC(C)(C)O)c12. The lowest BCUT2D eigenvalue weighted by Gasteiger charge is -2.25. The Balaban J connectivity index is 1.55. The van der Waals surface area contributed by atoms with E-state index in [-0.39, 0.29) is 10.7 Å². The number of halogens is 2. The Morgan fingerprint density at radius 3 is 2.55 bits per heavy atom. The van der Waals surface area contributed by atoms with Crippen molar-refractivity contribution < 1.29 is 17.9 Å². The third-order valence-corrected chi connectivity index (χ3v) is 7.25. The standard InChI is InChI=1S/C25H29ClFN7O3S/c1-15-21-23(28-11-12-34(4)14-25(2,3)35)29-22(30-24(21)32-31-15)16-5-8-18(9-6-16)33-38(36,37)20-13-17(26)7-10-19(20)27/h5-10,13,33,35H,11-12,14H2,1-4H3,(H2,28,29,30,31,32). The van der Waals surface area contributed by atoms with Gasteiger partial charge in [0.25, 0.3) is 10.0 Å². The summed E-state index contributed by atoms with van der Waals surface area (Å²) < 4.78 is 41.8. The number of H-pyrrole nitrogens is 1. The molecule has 0 aliphatic rings. The van der Waals surface area contributed by atoms with Crippen molar-refractivity contribution in [3.05, 3.63) is 59.0 Å². The van der Waals surface area contributed by atoms with Gasteiger partial charge in [-0.15, -0.1) is 0 Å². The molecular weight excluding hydrogens is 533 g/mol. The van der Waals surface area contributed by atoms with Gasteiger partial charge in [-0.1, -0.05) is 11.6 Å². The molecule has 202 valence electrons. The van der Waals surface area contributed by atoms with E-state index in [2.05, 4.69) is 25.2 Å². The van der Waals surface area contributed by atoms with Crippen molar-refractivity contribution in [1.29, 1.82) is 0 Å². The van der Waals surface area contributed by atoms with E-state index >= 15 is 0 Å². The Morgan fingerprint density at radius 2 is 1.87 bits per heavy atom. The maximum atomic E-state index is 14.1. The van der Waals surface area contributed by atoms with Crippen molar-refractivity contribution in [3.8, 4) is 11.4 Å². The summed E-state index contributed by atoms with van der Waals surface area (Å²) in [5, 5.41) is 21.4. The zero-order valence-corrected chi connectivity index (χ0v) is 23.0. The van der Waals surface area contributed by atoms with Crippen LogP contribution in [0.2, 0.25) is 5.02 Å². The van der Waals surface area contributed by atoms with E-state index in [4.69, 9.17) is 16.6 Å². The minimum Gasteiger partial charge on any atom is -0.389 e. The molecule has 0 radical (unpaired) electrons. The van der Waals surface area contributed by atoms with Crippen molar-refractivity contribution in [2.75, 3.05) is 36.7 Å². The number of aromatic nitrogens is 4. The van der Waals surface area contributed by atoms with E-state index in [1.807, 2.05) is 18.9 Å². The second-order valence-electron chi connectivity index (χ2n) is 9.66. The molecule has 13 heteroatoms. The van der Waals surface area contributed by atoms with Crippen molar-refractivity contribution >= 4 is 44.2 Å². The van der Waals surface area contributed by atoms with E-state index in [1.165, 1.54) is 6.07 Å². The molecule has 4 rings (SSSR count). The summed E-state index contributed by atoms with van der Waals surface area (Å²) in [6, 6.07) is 9.75. The zero-order chi connectivity index (χ0) is 27.7. The van der Waals surface area contributed by atoms with Crippen molar-refractivity contribution in [2.24, 2.45) is 0 Å². The third kappa shape index (κ3) is 6.57. The molecule has 0 amide bonds. The summed E-state index contributed by atoms with van der Waals surface area (Å²) in [6.07, 6.45) is 0. The molecule has 4 N–H and O–H groups in total. The highest BCUT2D eigenvalue weighted by molar-refractivity contribution is 7.92. The van der Waals surface area contributed by atoms with E-state index in [0.29, 0.717) is 42.5 Å². The Bertz CT molecular complexity index is 1550. The van der Waals surface area contributed by atoms with Gasteiger partial charge in [0.2, 0.25) is 0 Å². The molecule has 0 atom stereocenters. The lowest BCUT2D eigenvalue weighted by atomic mass is 10.1. The van der Waals surface area contributed by atoms with Crippen LogP contribution in [0.4, 0.5) is 15.9 Å². The number of hydrogen-bond donors (Lipinski definition) is 4. The van der Waals surface area contributed by atoms with E-state index in [1.54, 1.807) is 38.1 Å². The Kier molecular flexibility index (Phi) is 7.88. The average Bonchev–Trinajstić information content (AvgIpc) is 3.20. The fourth-order valence-corrected chi connectivity index (χ4v) is 5.42. The monoisotopic (exact) mass is 561 g/mol. The molecule has 38 heavy (non-hydrogen) atoms. The number of aromatic amines is 1. The lowest BCUT2D eigenvalue weighted by molar-refractivity contribution is 0.0458. The molecule has 0 aliphatic carbocycles. The second kappa shape index (κ2) is 10.8. The van der Waals surface area contributed by atoms with Gasteiger partial charge in [0, 0.05) is 35.9 Å². The molecule has 10 nitrogen and oxygen atoms in total. The van der Waals surface area contributed by atoms with Gasteiger partial charge < -0.3 is 15.3 Å². The van der Waals surface area contributed by atoms with E-state index in [0.717, 1.165) is 23.2 Å². The number of anilines is 2. The van der Waals surface area contributed by atoms with Gasteiger partial charge in [0.1, 0.15) is 16.5 Å². The van der Waals surface area contributed by atoms with Crippen LogP contribution in [-0.2, 0) is 10.0 Å². The van der Waals surface area contributed by atoms with Gasteiger partial charge in [-0.05, 0) is 70.3 Å². The molecule has 2 aromatic heterocycles. The summed E-state index contributed by atoms with van der Waals surface area (Å²) in [4.78, 5) is 10.7. The summed E-state index contributed by atoms with van der Waals surface area (Å²) in [6.45, 7) is 7.14. The summed E-state index contributed by atoms with van der Waals surface area (Å²) >= 11 is 5.85. The van der Waals surface area contributed by atoms with Crippen LogP contribution in [0.1, 0.15) is 19.5 Å². The second-order valence-corrected chi connectivity index (χ2v) is 11.8. The normalized spacial score (nSPS) is 12.3. The van der Waals surface area contributed by atoms with Crippen LogP contribution >= 0.6 is 11.6 Å². The first-order chi connectivity index (χ1) is 17.8. The first-order valence-corrected chi connectivity index (χ1v) is 13.6. The predicted molar refractivity (Wildman–Crippen MR) is 146 cm³/mol. The van der Waals surface area contributed by atoms with Crippen molar-refractivity contribution in [2.45, 2.75) is 31.3 Å². The number of sulfonamides is 1. The average molecular weight is 562 g/mol. The molecule has 4 aromatic rings. The van der Waals surface area contributed by atoms with Gasteiger partial charge in [-0.25, -0.2) is 22.8 Å². The molecule has 0 saturated heterocycles. The largest absolute Gasteiger partial charge is 0.389 e. The van der Waals surface area contributed by atoms with Crippen LogP contribution in [0, 0.1) is 12.7 Å². The van der Waals surface area contributed by atoms with Crippen LogP contribution in [0.25, 0.3) is 22.4 Å². The van der Waals surface area contributed by atoms with Crippen molar-refractivity contribution in [3.63, 3.8) is 0 Å². The molecule has 0 bridgehead atoms. The highest BCUT2D eigenvalue weighted by Crippen LogP contribution is 2.28. The number of nitrogens with zero attached hydrogens (tertiary/aromatic N) is 4. The third-order valence-electron chi connectivity index (χ3n) is 5.62. The maximum absolute atomic E-state index is 14.1. The molecule has 0 spiro atoms. The fourth-order valence-electron chi connectivity index (χ4n) is 4.02. The molecular formula is C25H29ClFN7O3S. The highest BCUT2D eigenvalue weighted by Gasteiger charge is 2.20. The first kappa shape index (κ1) is 27.7. The highest BCUT2D eigenvalue weighted by atomic mass is 35.5. The number of benzene rings is 2. The van der Waals surface area contributed by atoms with E-state index < -0.39 is 26.3 Å². The van der Waals surface area contributed by atoms with Crippen molar-refractivity contribution in [1.82, 2.24) is 25.1 Å². The zero-order valence-electron chi connectivity index (χ0n) is 21.4. The molecule has 2 aromatic carbocycles. The number of rotatable bonds is 10. The maximum Gasteiger partial charge on any atom is 0.264 e. The minimum absolute atomic E-state index is 0.108. The van der Waals surface area contributed by atoms with Crippen LogP contribution in [0.3, 0.4) is 0 Å². The van der Waals surface area contributed by atoms with E-state index in [9.17, 15) is 17.9 Å². The Hall–Kier alpha value is -3.32. The summed E-state index contributed by atoms with van der Waals surface area (Å²) in [5.74, 6) is 0.110. The fraction of sp³-hybridized carbons (Fsp3) is 0.320. The van der Waals surface area contributed by atoms with Gasteiger partial charge in [0.15, 0.2) is 11.5 Å². The number of hydrogen-bond acceptors (Lipinski definition) is 8. The number of likely N-dealkylation sites (N-methyl/N-ethyl adjacent to an activating group) is 1. The molecule has 0 aliphatic heterocycles. The summed E-state index contributed by atoms with van der Waals surface area (Å²) in [5.41, 5.74) is 1.38. The van der Waals surface area contributed by atoms with Crippen LogP contribution in [0.5, 0.6) is 0 Å². The molecule has 0 saturated carbocycles. The lowest BCUT2D eigenvalue weighted by Crippen LogP contribution is -2.38. The minimum atomic E-state index is -4.19. The Morgan fingerprint density at radius 1 is 1.16 bits per heavy atom. The molecule has 2 heterocycles. The number of nitrogens with one attached hydrogen (secondary N) is 3. The van der Waals surface area contributed by atoms with Crippen LogP contribution in [-0.4, -0.2) is 70.9 Å². The molecule has 0 unspecified atom stereocenters. The van der Waals surface area contributed by atoms with Crippen LogP contribution in [0.15, 0.2) is 47.4 Å². The Labute approximate surface area is 225 Å². The topological polar surface area (TPSA) is 136 Å². The number of fused-ring (bicyclic) bond motifs is 1. The van der Waals surface area contributed by atoms with Gasteiger partial charge in [0.05, 0.1) is 16.7 Å². The predicted octanol–water partition coefficient (Wildman–Crippen LogP) is 4.04. The first-order valence-electron chi connectivity index (χ1n) is 11.8. The van der Waals surface area contributed by atoms with Gasteiger partial charge in [-0.3, -0.25) is 9.82 Å². The van der Waals surface area contributed by atoms with Gasteiger partial charge >= 0.3 is 0 Å². The quantitative estimate of drug-likeness (QED) is 0.228. The van der Waals surface area contributed by atoms with Gasteiger partial charge in [-0.2, -0.15) is 5.10 Å². The van der Waals surface area contributed by atoms with Crippen LogP contribution < -0.4 is 10.0 Å². The smallest absolute Gasteiger partial charge is 0.264 e. The molecule has 0 fully saturated rings. The number of aliphatic hydroxyl groups is 1. The summed E-state index contributed by atoms with van der Waals surface area (Å²) in [7, 11) is -2.26. The number of aryl methyl sites for hydroxylation is 1.